The topological polar surface area (TPSA) is 69.7 Å². The predicted molar refractivity (Wildman–Crippen MR) is 86.4 cm³/mol. The van der Waals surface area contributed by atoms with Gasteiger partial charge >= 0.3 is 16.1 Å². The van der Waals surface area contributed by atoms with Crippen LogP contribution in [0.1, 0.15) is 5.56 Å². The SMILES string of the molecule is COC(=O)Cc1ccc(OS(=O)(=O)c2ccc(Cl)c(Cl)c2)cc1. The summed E-state index contributed by atoms with van der Waals surface area (Å²) in [5.41, 5.74) is 0.677. The summed E-state index contributed by atoms with van der Waals surface area (Å²) >= 11 is 11.6. The summed E-state index contributed by atoms with van der Waals surface area (Å²) in [7, 11) is -2.73. The van der Waals surface area contributed by atoms with E-state index in [1.165, 1.54) is 37.4 Å². The molecule has 0 unspecified atom stereocenters. The molecule has 0 fully saturated rings. The Bertz CT molecular complexity index is 816. The van der Waals surface area contributed by atoms with Gasteiger partial charge in [0.05, 0.1) is 23.6 Å². The zero-order chi connectivity index (χ0) is 17.0. The van der Waals surface area contributed by atoms with Gasteiger partial charge in [-0.1, -0.05) is 35.3 Å². The van der Waals surface area contributed by atoms with Gasteiger partial charge < -0.3 is 8.92 Å². The molecule has 2 aromatic rings. The van der Waals surface area contributed by atoms with Gasteiger partial charge in [0.1, 0.15) is 10.6 Å². The molecule has 0 saturated heterocycles. The molecule has 5 nitrogen and oxygen atoms in total. The Morgan fingerprint density at radius 3 is 2.26 bits per heavy atom. The summed E-state index contributed by atoms with van der Waals surface area (Å²) < 4.78 is 33.9. The lowest BCUT2D eigenvalue weighted by molar-refractivity contribution is -0.139. The van der Waals surface area contributed by atoms with Crippen molar-refractivity contribution in [2.24, 2.45) is 0 Å². The molecule has 0 aliphatic rings. The number of carbonyl (C=O) groups is 1. The van der Waals surface area contributed by atoms with Gasteiger partial charge in [0.2, 0.25) is 0 Å². The number of carbonyl (C=O) groups excluding carboxylic acids is 1. The van der Waals surface area contributed by atoms with Crippen LogP contribution in [0.15, 0.2) is 47.4 Å². The summed E-state index contributed by atoms with van der Waals surface area (Å²) in [6.07, 6.45) is 0.0936. The molecule has 0 heterocycles. The number of esters is 1. The molecule has 0 spiro atoms. The van der Waals surface area contributed by atoms with Gasteiger partial charge in [-0.25, -0.2) is 0 Å². The number of ether oxygens (including phenoxy) is 1. The Kier molecular flexibility index (Phi) is 5.51. The van der Waals surface area contributed by atoms with Crippen molar-refractivity contribution in [2.45, 2.75) is 11.3 Å². The fraction of sp³-hybridized carbons (Fsp3) is 0.133. The molecule has 23 heavy (non-hydrogen) atoms. The smallest absolute Gasteiger partial charge is 0.339 e. The second kappa shape index (κ2) is 7.21. The molecule has 0 atom stereocenters. The molecule has 2 aromatic carbocycles. The van der Waals surface area contributed by atoms with Gasteiger partial charge in [0.25, 0.3) is 0 Å². The van der Waals surface area contributed by atoms with Crippen molar-refractivity contribution < 1.29 is 22.1 Å². The molecule has 0 bridgehead atoms. The Morgan fingerprint density at radius 2 is 1.70 bits per heavy atom. The zero-order valence-electron chi connectivity index (χ0n) is 12.0. The first-order valence-corrected chi connectivity index (χ1v) is 8.53. The van der Waals surface area contributed by atoms with E-state index in [9.17, 15) is 13.2 Å². The summed E-state index contributed by atoms with van der Waals surface area (Å²) in [6, 6.07) is 9.95. The summed E-state index contributed by atoms with van der Waals surface area (Å²) in [5, 5.41) is 0.363. The quantitative estimate of drug-likeness (QED) is 0.591. The van der Waals surface area contributed by atoms with E-state index in [-0.39, 0.29) is 33.1 Å². The lowest BCUT2D eigenvalue weighted by Crippen LogP contribution is -2.10. The summed E-state index contributed by atoms with van der Waals surface area (Å²) in [6.45, 7) is 0. The van der Waals surface area contributed by atoms with Crippen LogP contribution in [0.5, 0.6) is 5.75 Å². The van der Waals surface area contributed by atoms with Crippen molar-refractivity contribution >= 4 is 39.3 Å². The maximum absolute atomic E-state index is 12.2. The van der Waals surface area contributed by atoms with Crippen molar-refractivity contribution in [2.75, 3.05) is 7.11 Å². The average molecular weight is 375 g/mol. The van der Waals surface area contributed by atoms with Crippen LogP contribution < -0.4 is 4.18 Å². The molecule has 122 valence electrons. The molecule has 0 saturated carbocycles. The number of hydrogen-bond donors (Lipinski definition) is 0. The second-order valence-corrected chi connectivity index (χ2v) is 6.87. The van der Waals surface area contributed by atoms with E-state index in [0.29, 0.717) is 5.56 Å². The Balaban J connectivity index is 2.17. The van der Waals surface area contributed by atoms with Gasteiger partial charge in [-0.3, -0.25) is 4.79 Å². The van der Waals surface area contributed by atoms with Gasteiger partial charge in [-0.2, -0.15) is 8.42 Å². The Labute approximate surface area is 143 Å². The first kappa shape index (κ1) is 17.6. The highest BCUT2D eigenvalue weighted by Gasteiger charge is 2.18. The van der Waals surface area contributed by atoms with Crippen LogP contribution in [-0.4, -0.2) is 21.5 Å². The molecule has 0 aromatic heterocycles. The molecular formula is C15H12Cl2O5S. The van der Waals surface area contributed by atoms with Crippen LogP contribution in [0.3, 0.4) is 0 Å². The highest BCUT2D eigenvalue weighted by Crippen LogP contribution is 2.26. The third-order valence-electron chi connectivity index (χ3n) is 2.89. The van der Waals surface area contributed by atoms with Crippen LogP contribution >= 0.6 is 23.2 Å². The molecule has 0 amide bonds. The third-order valence-corrected chi connectivity index (χ3v) is 4.87. The monoisotopic (exact) mass is 374 g/mol. The van der Waals surface area contributed by atoms with Crippen molar-refractivity contribution in [3.8, 4) is 5.75 Å². The molecular weight excluding hydrogens is 363 g/mol. The van der Waals surface area contributed by atoms with E-state index in [0.717, 1.165) is 0 Å². The van der Waals surface area contributed by atoms with Gasteiger partial charge in [0, 0.05) is 0 Å². The van der Waals surface area contributed by atoms with E-state index < -0.39 is 10.1 Å². The molecule has 8 heteroatoms. The molecule has 0 radical (unpaired) electrons. The first-order chi connectivity index (χ1) is 10.8. The number of hydrogen-bond acceptors (Lipinski definition) is 5. The number of halogens is 2. The fourth-order valence-corrected chi connectivity index (χ4v) is 3.03. The van der Waals surface area contributed by atoms with E-state index in [1.807, 2.05) is 0 Å². The van der Waals surface area contributed by atoms with Crippen LogP contribution in [-0.2, 0) is 26.1 Å². The van der Waals surface area contributed by atoms with E-state index in [4.69, 9.17) is 27.4 Å². The Hall–Kier alpha value is -1.76. The molecule has 0 aliphatic heterocycles. The van der Waals surface area contributed by atoms with Gasteiger partial charge in [-0.15, -0.1) is 0 Å². The van der Waals surface area contributed by atoms with Gasteiger partial charge in [-0.05, 0) is 35.9 Å². The maximum atomic E-state index is 12.2. The number of benzene rings is 2. The van der Waals surface area contributed by atoms with Crippen LogP contribution in [0.2, 0.25) is 10.0 Å². The zero-order valence-corrected chi connectivity index (χ0v) is 14.3. The van der Waals surface area contributed by atoms with Crippen molar-refractivity contribution in [3.05, 3.63) is 58.1 Å². The van der Waals surface area contributed by atoms with E-state index >= 15 is 0 Å². The Morgan fingerprint density at radius 1 is 1.04 bits per heavy atom. The number of rotatable bonds is 5. The molecule has 0 aliphatic carbocycles. The van der Waals surface area contributed by atoms with Crippen LogP contribution in [0.25, 0.3) is 0 Å². The standard InChI is InChI=1S/C15H12Cl2O5S/c1-21-15(18)8-10-2-4-11(5-3-10)22-23(19,20)12-6-7-13(16)14(17)9-12/h2-7,9H,8H2,1H3. The summed E-state index contributed by atoms with van der Waals surface area (Å²) in [5.74, 6) is -0.271. The van der Waals surface area contributed by atoms with Crippen molar-refractivity contribution in [3.63, 3.8) is 0 Å². The van der Waals surface area contributed by atoms with Gasteiger partial charge in [0.15, 0.2) is 0 Å². The average Bonchev–Trinajstić information content (AvgIpc) is 2.51. The van der Waals surface area contributed by atoms with Crippen LogP contribution in [0.4, 0.5) is 0 Å². The van der Waals surface area contributed by atoms with E-state index in [2.05, 4.69) is 4.74 Å². The summed E-state index contributed by atoms with van der Waals surface area (Å²) in [4.78, 5) is 11.1. The highest BCUT2D eigenvalue weighted by molar-refractivity contribution is 7.87. The van der Waals surface area contributed by atoms with Crippen LogP contribution in [0, 0.1) is 0 Å². The van der Waals surface area contributed by atoms with Crippen molar-refractivity contribution in [1.29, 1.82) is 0 Å². The third kappa shape index (κ3) is 4.60. The minimum Gasteiger partial charge on any atom is -0.469 e. The normalized spacial score (nSPS) is 11.1. The van der Waals surface area contributed by atoms with E-state index in [1.54, 1.807) is 12.1 Å². The second-order valence-electron chi connectivity index (χ2n) is 4.51. The largest absolute Gasteiger partial charge is 0.469 e. The minimum absolute atomic E-state index is 0.0936. The first-order valence-electron chi connectivity index (χ1n) is 6.37. The van der Waals surface area contributed by atoms with Crippen molar-refractivity contribution in [1.82, 2.24) is 0 Å². The highest BCUT2D eigenvalue weighted by atomic mass is 35.5. The minimum atomic E-state index is -4.03. The fourth-order valence-electron chi connectivity index (χ4n) is 1.71. The lowest BCUT2D eigenvalue weighted by Gasteiger charge is -2.08. The lowest BCUT2D eigenvalue weighted by atomic mass is 10.1. The molecule has 2 rings (SSSR count). The molecule has 0 N–H and O–H groups in total. The number of methoxy groups -OCH3 is 1. The maximum Gasteiger partial charge on any atom is 0.339 e. The predicted octanol–water partition coefficient (Wildman–Crippen LogP) is 3.48.